The summed E-state index contributed by atoms with van der Waals surface area (Å²) in [4.78, 5) is 17.9. The van der Waals surface area contributed by atoms with Gasteiger partial charge < -0.3 is 4.90 Å². The molecule has 7 heteroatoms. The summed E-state index contributed by atoms with van der Waals surface area (Å²) >= 11 is 0. The Kier molecular flexibility index (Phi) is 4.08. The van der Waals surface area contributed by atoms with Crippen molar-refractivity contribution in [3.8, 4) is 0 Å². The summed E-state index contributed by atoms with van der Waals surface area (Å²) in [6, 6.07) is 15.5. The zero-order valence-electron chi connectivity index (χ0n) is 13.9. The number of hydrogen-bond acceptors (Lipinski definition) is 4. The monoisotopic (exact) mass is 367 g/mol. The lowest BCUT2D eigenvalue weighted by molar-refractivity contribution is -0.117. The summed E-state index contributed by atoms with van der Waals surface area (Å²) in [7, 11) is -3.78. The van der Waals surface area contributed by atoms with Gasteiger partial charge in [-0.2, -0.15) is 0 Å². The molecule has 0 radical (unpaired) electrons. The lowest BCUT2D eigenvalue weighted by Crippen LogP contribution is -2.23. The minimum absolute atomic E-state index is 0.0974. The van der Waals surface area contributed by atoms with Crippen molar-refractivity contribution in [1.29, 1.82) is 0 Å². The fourth-order valence-electron chi connectivity index (χ4n) is 3.13. The maximum absolute atomic E-state index is 12.8. The number of fused-ring (bicyclic) bond motifs is 1. The second-order valence-corrected chi connectivity index (χ2v) is 7.78. The normalized spacial score (nSPS) is 14.8. The number of nitrogens with one attached hydrogen (secondary N) is 1. The highest BCUT2D eigenvalue weighted by Gasteiger charge is 2.22. The van der Waals surface area contributed by atoms with Gasteiger partial charge in [-0.05, 0) is 42.8 Å². The number of hydrogen-bond donors (Lipinski definition) is 1. The molecule has 0 saturated carbocycles. The molecule has 4 rings (SSSR count). The minimum atomic E-state index is -3.78. The van der Waals surface area contributed by atoms with Gasteiger partial charge in [-0.3, -0.25) is 14.5 Å². The van der Waals surface area contributed by atoms with Crippen LogP contribution in [-0.2, 0) is 14.8 Å². The quantitative estimate of drug-likeness (QED) is 0.768. The van der Waals surface area contributed by atoms with Gasteiger partial charge in [-0.1, -0.05) is 18.2 Å². The maximum atomic E-state index is 12.8. The van der Waals surface area contributed by atoms with Crippen molar-refractivity contribution in [3.05, 3.63) is 60.8 Å². The molecule has 0 atom stereocenters. The number of amides is 1. The number of pyridine rings is 1. The molecule has 0 spiro atoms. The number of anilines is 2. The third kappa shape index (κ3) is 3.01. The number of para-hydroxylation sites is 1. The average molecular weight is 367 g/mol. The van der Waals surface area contributed by atoms with Crippen LogP contribution in [0.15, 0.2) is 65.7 Å². The third-order valence-electron chi connectivity index (χ3n) is 4.39. The van der Waals surface area contributed by atoms with Crippen LogP contribution >= 0.6 is 0 Å². The standard InChI is InChI=1S/C19H17N3O3S/c23-18-7-3-13-22(18)16-10-8-15(9-11-16)21-26(24,25)17-6-1-4-14-5-2-12-20-19(14)17/h1-2,4-6,8-12,21H,3,7,13H2. The Labute approximate surface area is 151 Å². The van der Waals surface area contributed by atoms with Gasteiger partial charge in [0.15, 0.2) is 0 Å². The lowest BCUT2D eigenvalue weighted by atomic mass is 10.2. The number of sulfonamides is 1. The summed E-state index contributed by atoms with van der Waals surface area (Å²) in [5.74, 6) is 0.0974. The molecule has 2 aromatic carbocycles. The summed E-state index contributed by atoms with van der Waals surface area (Å²) in [5.41, 5.74) is 1.65. The van der Waals surface area contributed by atoms with Gasteiger partial charge in [0, 0.05) is 35.9 Å². The van der Waals surface area contributed by atoms with Crippen molar-refractivity contribution < 1.29 is 13.2 Å². The van der Waals surface area contributed by atoms with Crippen LogP contribution in [0.25, 0.3) is 10.9 Å². The summed E-state index contributed by atoms with van der Waals surface area (Å²) in [6.45, 7) is 0.700. The van der Waals surface area contributed by atoms with E-state index in [2.05, 4.69) is 9.71 Å². The van der Waals surface area contributed by atoms with E-state index in [1.165, 1.54) is 6.07 Å². The highest BCUT2D eigenvalue weighted by Crippen LogP contribution is 2.26. The molecule has 26 heavy (non-hydrogen) atoms. The van der Waals surface area contributed by atoms with Crippen molar-refractivity contribution in [3.63, 3.8) is 0 Å². The molecule has 6 nitrogen and oxygen atoms in total. The first kappa shape index (κ1) is 16.5. The largest absolute Gasteiger partial charge is 0.312 e. The van der Waals surface area contributed by atoms with Gasteiger partial charge in [0.05, 0.1) is 5.52 Å². The molecule has 1 N–H and O–H groups in total. The average Bonchev–Trinajstić information content (AvgIpc) is 3.07. The number of rotatable bonds is 4. The number of carbonyl (C=O) groups excluding carboxylic acids is 1. The number of benzene rings is 2. The van der Waals surface area contributed by atoms with Crippen LogP contribution in [0, 0.1) is 0 Å². The Morgan fingerprint density at radius 3 is 2.50 bits per heavy atom. The van der Waals surface area contributed by atoms with Crippen LogP contribution in [0.4, 0.5) is 11.4 Å². The predicted molar refractivity (Wildman–Crippen MR) is 101 cm³/mol. The van der Waals surface area contributed by atoms with Crippen molar-refractivity contribution in [1.82, 2.24) is 4.98 Å². The van der Waals surface area contributed by atoms with E-state index >= 15 is 0 Å². The molecule has 1 saturated heterocycles. The molecule has 1 aromatic heterocycles. The SMILES string of the molecule is O=C1CCCN1c1ccc(NS(=O)(=O)c2cccc3cccnc23)cc1. The third-order valence-corrected chi connectivity index (χ3v) is 5.80. The fourth-order valence-corrected chi connectivity index (χ4v) is 4.37. The molecule has 3 aromatic rings. The zero-order valence-corrected chi connectivity index (χ0v) is 14.7. The number of aromatic nitrogens is 1. The van der Waals surface area contributed by atoms with E-state index in [-0.39, 0.29) is 10.8 Å². The van der Waals surface area contributed by atoms with Crippen LogP contribution in [0.3, 0.4) is 0 Å². The van der Waals surface area contributed by atoms with Crippen molar-refractivity contribution >= 4 is 38.2 Å². The van der Waals surface area contributed by atoms with E-state index in [0.29, 0.717) is 24.2 Å². The van der Waals surface area contributed by atoms with Crippen LogP contribution in [0.2, 0.25) is 0 Å². The van der Waals surface area contributed by atoms with E-state index in [9.17, 15) is 13.2 Å². The van der Waals surface area contributed by atoms with E-state index in [1.54, 1.807) is 47.5 Å². The first-order valence-corrected chi connectivity index (χ1v) is 9.80. The summed E-state index contributed by atoms with van der Waals surface area (Å²) in [5, 5.41) is 0.762. The van der Waals surface area contributed by atoms with Gasteiger partial charge >= 0.3 is 0 Å². The van der Waals surface area contributed by atoms with Crippen LogP contribution in [-0.4, -0.2) is 25.9 Å². The predicted octanol–water partition coefficient (Wildman–Crippen LogP) is 3.16. The first-order valence-electron chi connectivity index (χ1n) is 8.32. The smallest absolute Gasteiger partial charge is 0.264 e. The first-order chi connectivity index (χ1) is 12.5. The van der Waals surface area contributed by atoms with E-state index in [0.717, 1.165) is 17.5 Å². The van der Waals surface area contributed by atoms with Crippen LogP contribution in [0.1, 0.15) is 12.8 Å². The van der Waals surface area contributed by atoms with Gasteiger partial charge in [0.1, 0.15) is 4.90 Å². The maximum Gasteiger partial charge on any atom is 0.264 e. The molecule has 132 valence electrons. The molecule has 1 aliphatic rings. The molecule has 1 fully saturated rings. The highest BCUT2D eigenvalue weighted by atomic mass is 32.2. The molecular weight excluding hydrogens is 350 g/mol. The van der Waals surface area contributed by atoms with Crippen molar-refractivity contribution in [2.24, 2.45) is 0 Å². The number of carbonyl (C=O) groups is 1. The Morgan fingerprint density at radius 1 is 1.00 bits per heavy atom. The second kappa shape index (κ2) is 6.42. The fraction of sp³-hybridized carbons (Fsp3) is 0.158. The van der Waals surface area contributed by atoms with Crippen LogP contribution < -0.4 is 9.62 Å². The Balaban J connectivity index is 1.62. The highest BCUT2D eigenvalue weighted by molar-refractivity contribution is 7.93. The molecule has 0 aliphatic carbocycles. The molecule has 0 bridgehead atoms. The van der Waals surface area contributed by atoms with Gasteiger partial charge in [-0.15, -0.1) is 0 Å². The molecule has 1 amide bonds. The Bertz CT molecular complexity index is 1070. The van der Waals surface area contributed by atoms with Crippen molar-refractivity contribution in [2.75, 3.05) is 16.2 Å². The molecule has 2 heterocycles. The van der Waals surface area contributed by atoms with E-state index in [1.807, 2.05) is 12.1 Å². The Morgan fingerprint density at radius 2 is 1.77 bits per heavy atom. The Hall–Kier alpha value is -2.93. The van der Waals surface area contributed by atoms with Crippen LogP contribution in [0.5, 0.6) is 0 Å². The molecule has 0 unspecified atom stereocenters. The van der Waals surface area contributed by atoms with E-state index in [4.69, 9.17) is 0 Å². The van der Waals surface area contributed by atoms with Crippen molar-refractivity contribution in [2.45, 2.75) is 17.7 Å². The summed E-state index contributed by atoms with van der Waals surface area (Å²) < 4.78 is 28.2. The number of nitrogens with zero attached hydrogens (tertiary/aromatic N) is 2. The topological polar surface area (TPSA) is 79.4 Å². The summed E-state index contributed by atoms with van der Waals surface area (Å²) in [6.07, 6.45) is 2.98. The van der Waals surface area contributed by atoms with E-state index < -0.39 is 10.0 Å². The van der Waals surface area contributed by atoms with Gasteiger partial charge in [-0.25, -0.2) is 8.42 Å². The van der Waals surface area contributed by atoms with Gasteiger partial charge in [0.25, 0.3) is 10.0 Å². The lowest BCUT2D eigenvalue weighted by Gasteiger charge is -2.16. The molecular formula is C19H17N3O3S. The zero-order chi connectivity index (χ0) is 18.1. The second-order valence-electron chi connectivity index (χ2n) is 6.13. The minimum Gasteiger partial charge on any atom is -0.312 e. The van der Waals surface area contributed by atoms with Gasteiger partial charge in [0.2, 0.25) is 5.91 Å². The molecule has 1 aliphatic heterocycles.